The summed E-state index contributed by atoms with van der Waals surface area (Å²) in [6, 6.07) is 11.4. The highest BCUT2D eigenvalue weighted by Crippen LogP contribution is 2.38. The predicted octanol–water partition coefficient (Wildman–Crippen LogP) is 3.91. The summed E-state index contributed by atoms with van der Waals surface area (Å²) >= 11 is 0. The quantitative estimate of drug-likeness (QED) is 0.745. The van der Waals surface area contributed by atoms with Gasteiger partial charge in [-0.1, -0.05) is 36.4 Å². The van der Waals surface area contributed by atoms with Crippen molar-refractivity contribution in [2.24, 2.45) is 7.05 Å². The van der Waals surface area contributed by atoms with Crippen LogP contribution in [0.4, 0.5) is 18.9 Å². The highest BCUT2D eigenvalue weighted by molar-refractivity contribution is 7.92. The van der Waals surface area contributed by atoms with Crippen molar-refractivity contribution >= 4 is 15.7 Å². The molecule has 0 aliphatic carbocycles. The lowest BCUT2D eigenvalue weighted by molar-refractivity contribution is -0.137. The number of imidazole rings is 1. The van der Waals surface area contributed by atoms with Gasteiger partial charge < -0.3 is 4.57 Å². The van der Waals surface area contributed by atoms with E-state index in [1.807, 2.05) is 0 Å². The molecule has 0 amide bonds. The fourth-order valence-corrected chi connectivity index (χ4v) is 3.48. The minimum Gasteiger partial charge on any atom is -0.339 e. The van der Waals surface area contributed by atoms with E-state index in [1.165, 1.54) is 29.2 Å². The van der Waals surface area contributed by atoms with Crippen LogP contribution in [0.25, 0.3) is 11.1 Å². The third kappa shape index (κ3) is 3.72. The molecule has 0 bridgehead atoms. The average molecular weight is 381 g/mol. The first kappa shape index (κ1) is 18.0. The molecule has 3 aromatic rings. The SMILES string of the molecule is Cn1cnc(S(=O)(=O)Nc2ccc(-c3ccccc3)c(C(F)(F)F)c2)c1. The summed E-state index contributed by atoms with van der Waals surface area (Å²) in [5, 5.41) is -0.277. The summed E-state index contributed by atoms with van der Waals surface area (Å²) < 4.78 is 68.5. The molecule has 1 heterocycles. The minimum atomic E-state index is -4.64. The molecule has 0 atom stereocenters. The summed E-state index contributed by atoms with van der Waals surface area (Å²) in [7, 11) is -2.50. The number of anilines is 1. The smallest absolute Gasteiger partial charge is 0.339 e. The molecule has 0 fully saturated rings. The van der Waals surface area contributed by atoms with Gasteiger partial charge in [0, 0.05) is 18.9 Å². The standard InChI is InChI=1S/C17H14F3N3O2S/c1-23-10-16(21-11-23)26(24,25)22-13-7-8-14(12-5-3-2-4-6-12)15(9-13)17(18,19)20/h2-11,22H,1H3. The minimum absolute atomic E-state index is 0.0288. The largest absolute Gasteiger partial charge is 0.417 e. The number of hydrogen-bond acceptors (Lipinski definition) is 3. The van der Waals surface area contributed by atoms with Crippen LogP contribution >= 0.6 is 0 Å². The Hall–Kier alpha value is -2.81. The second-order valence-electron chi connectivity index (χ2n) is 5.61. The number of rotatable bonds is 4. The second kappa shape index (κ2) is 6.49. The van der Waals surface area contributed by atoms with Gasteiger partial charge in [-0.15, -0.1) is 0 Å². The van der Waals surface area contributed by atoms with Crippen LogP contribution in [0.2, 0.25) is 0 Å². The topological polar surface area (TPSA) is 64.0 Å². The summed E-state index contributed by atoms with van der Waals surface area (Å²) in [5.41, 5.74) is -0.759. The highest BCUT2D eigenvalue weighted by Gasteiger charge is 2.34. The number of hydrogen-bond donors (Lipinski definition) is 1. The molecule has 0 unspecified atom stereocenters. The van der Waals surface area contributed by atoms with Gasteiger partial charge in [0.2, 0.25) is 0 Å². The fraction of sp³-hybridized carbons (Fsp3) is 0.118. The second-order valence-corrected chi connectivity index (χ2v) is 7.24. The first-order valence-corrected chi connectivity index (χ1v) is 8.92. The van der Waals surface area contributed by atoms with E-state index in [0.717, 1.165) is 6.07 Å². The zero-order valence-corrected chi connectivity index (χ0v) is 14.3. The monoisotopic (exact) mass is 381 g/mol. The molecular formula is C17H14F3N3O2S. The molecule has 2 aromatic carbocycles. The Balaban J connectivity index is 2.03. The first-order valence-electron chi connectivity index (χ1n) is 7.44. The van der Waals surface area contributed by atoms with E-state index in [2.05, 4.69) is 9.71 Å². The van der Waals surface area contributed by atoms with Crippen LogP contribution in [0.1, 0.15) is 5.56 Å². The molecule has 3 rings (SSSR count). The molecule has 0 aliphatic heterocycles. The molecule has 136 valence electrons. The molecule has 26 heavy (non-hydrogen) atoms. The Labute approximate surface area is 148 Å². The molecule has 0 radical (unpaired) electrons. The number of alkyl halides is 3. The lowest BCUT2D eigenvalue weighted by Gasteiger charge is -2.15. The van der Waals surface area contributed by atoms with Gasteiger partial charge in [0.05, 0.1) is 11.9 Å². The summed E-state index contributed by atoms with van der Waals surface area (Å²) in [5.74, 6) is 0. The third-order valence-corrected chi connectivity index (χ3v) is 4.88. The van der Waals surface area contributed by atoms with Crippen molar-refractivity contribution in [3.63, 3.8) is 0 Å². The Kier molecular flexibility index (Phi) is 4.49. The Bertz CT molecular complexity index is 1030. The van der Waals surface area contributed by atoms with Gasteiger partial charge in [0.1, 0.15) is 0 Å². The Morgan fingerprint density at radius 3 is 2.35 bits per heavy atom. The summed E-state index contributed by atoms with van der Waals surface area (Å²) in [6.07, 6.45) is -2.10. The van der Waals surface area contributed by atoms with E-state index in [1.54, 1.807) is 37.4 Å². The molecule has 0 saturated carbocycles. The van der Waals surface area contributed by atoms with E-state index in [-0.39, 0.29) is 16.3 Å². The molecule has 0 spiro atoms. The van der Waals surface area contributed by atoms with E-state index in [4.69, 9.17) is 0 Å². The van der Waals surface area contributed by atoms with Gasteiger partial charge in [-0.2, -0.15) is 21.6 Å². The van der Waals surface area contributed by atoms with Gasteiger partial charge in [-0.3, -0.25) is 4.72 Å². The van der Waals surface area contributed by atoms with Crippen molar-refractivity contribution in [1.29, 1.82) is 0 Å². The number of aryl methyl sites for hydroxylation is 1. The predicted molar refractivity (Wildman–Crippen MR) is 90.9 cm³/mol. The van der Waals surface area contributed by atoms with Crippen LogP contribution in [0.3, 0.4) is 0 Å². The maximum absolute atomic E-state index is 13.5. The van der Waals surface area contributed by atoms with Crippen LogP contribution in [-0.4, -0.2) is 18.0 Å². The number of sulfonamides is 1. The van der Waals surface area contributed by atoms with Gasteiger partial charge in [0.25, 0.3) is 10.0 Å². The maximum atomic E-state index is 13.5. The number of aromatic nitrogens is 2. The zero-order chi connectivity index (χ0) is 18.9. The van der Waals surface area contributed by atoms with E-state index in [0.29, 0.717) is 5.56 Å². The lowest BCUT2D eigenvalue weighted by atomic mass is 9.99. The van der Waals surface area contributed by atoms with Crippen molar-refractivity contribution < 1.29 is 21.6 Å². The first-order chi connectivity index (χ1) is 12.2. The van der Waals surface area contributed by atoms with Crippen molar-refractivity contribution in [2.75, 3.05) is 4.72 Å². The normalized spacial score (nSPS) is 12.2. The van der Waals surface area contributed by atoms with E-state index in [9.17, 15) is 21.6 Å². The van der Waals surface area contributed by atoms with Gasteiger partial charge >= 0.3 is 6.18 Å². The van der Waals surface area contributed by atoms with Crippen LogP contribution < -0.4 is 4.72 Å². The van der Waals surface area contributed by atoms with Crippen molar-refractivity contribution in [2.45, 2.75) is 11.2 Å². The average Bonchev–Trinajstić information content (AvgIpc) is 3.02. The van der Waals surface area contributed by atoms with Gasteiger partial charge in [0.15, 0.2) is 5.03 Å². The van der Waals surface area contributed by atoms with Gasteiger partial charge in [-0.05, 0) is 23.3 Å². The summed E-state index contributed by atoms with van der Waals surface area (Å²) in [4.78, 5) is 3.71. The molecule has 0 aliphatic rings. The van der Waals surface area contributed by atoms with Crippen molar-refractivity contribution in [1.82, 2.24) is 9.55 Å². The van der Waals surface area contributed by atoms with Crippen LogP contribution in [0.15, 0.2) is 66.1 Å². The number of benzene rings is 2. The number of nitrogens with one attached hydrogen (secondary N) is 1. The summed E-state index contributed by atoms with van der Waals surface area (Å²) in [6.45, 7) is 0. The lowest BCUT2D eigenvalue weighted by Crippen LogP contribution is -2.15. The van der Waals surface area contributed by atoms with Crippen LogP contribution in [-0.2, 0) is 23.2 Å². The maximum Gasteiger partial charge on any atom is 0.417 e. The Morgan fingerprint density at radius 1 is 1.08 bits per heavy atom. The Morgan fingerprint density at radius 2 is 1.77 bits per heavy atom. The van der Waals surface area contributed by atoms with Crippen LogP contribution in [0.5, 0.6) is 0 Å². The van der Waals surface area contributed by atoms with Crippen molar-refractivity contribution in [3.05, 3.63) is 66.6 Å². The molecule has 5 nitrogen and oxygen atoms in total. The molecule has 0 saturated heterocycles. The highest BCUT2D eigenvalue weighted by atomic mass is 32.2. The molecule has 1 aromatic heterocycles. The van der Waals surface area contributed by atoms with Crippen molar-refractivity contribution in [3.8, 4) is 11.1 Å². The number of halogens is 3. The molecule has 1 N–H and O–H groups in total. The third-order valence-electron chi connectivity index (χ3n) is 3.62. The van der Waals surface area contributed by atoms with Gasteiger partial charge in [-0.25, -0.2) is 4.98 Å². The molecule has 9 heteroatoms. The van der Waals surface area contributed by atoms with E-state index >= 15 is 0 Å². The number of nitrogens with zero attached hydrogens (tertiary/aromatic N) is 2. The fourth-order valence-electron chi connectivity index (χ4n) is 2.45. The van der Waals surface area contributed by atoms with Crippen LogP contribution in [0, 0.1) is 0 Å². The van der Waals surface area contributed by atoms with E-state index < -0.39 is 21.8 Å². The molecular weight excluding hydrogens is 367 g/mol. The zero-order valence-electron chi connectivity index (χ0n) is 13.5.